The lowest BCUT2D eigenvalue weighted by Gasteiger charge is -2.29. The van der Waals surface area contributed by atoms with Gasteiger partial charge in [-0.3, -0.25) is 4.90 Å². The van der Waals surface area contributed by atoms with Crippen LogP contribution < -0.4 is 5.73 Å². The molecule has 20 heavy (non-hydrogen) atoms. The summed E-state index contributed by atoms with van der Waals surface area (Å²) in [7, 11) is 2.08. The molecule has 0 saturated carbocycles. The second-order valence-corrected chi connectivity index (χ2v) is 5.77. The fraction of sp³-hybridized carbons (Fsp3) is 0.625. The molecule has 1 heterocycles. The summed E-state index contributed by atoms with van der Waals surface area (Å²) in [5, 5.41) is 0. The highest BCUT2D eigenvalue weighted by Crippen LogP contribution is 2.19. The summed E-state index contributed by atoms with van der Waals surface area (Å²) in [5.41, 5.74) is 6.75. The average molecular weight is 279 g/mol. The maximum absolute atomic E-state index is 13.7. The van der Waals surface area contributed by atoms with Crippen LogP contribution in [0.25, 0.3) is 0 Å². The number of nitrogens with zero attached hydrogens (tertiary/aromatic N) is 2. The first-order valence-corrected chi connectivity index (χ1v) is 7.54. The van der Waals surface area contributed by atoms with E-state index in [4.69, 9.17) is 5.73 Å². The number of rotatable bonds is 6. The van der Waals surface area contributed by atoms with Crippen LogP contribution in [0.2, 0.25) is 0 Å². The number of nitrogens with two attached hydrogens (primary N) is 1. The van der Waals surface area contributed by atoms with Gasteiger partial charge in [-0.2, -0.15) is 0 Å². The molecule has 0 aromatic heterocycles. The van der Waals surface area contributed by atoms with Crippen molar-refractivity contribution >= 4 is 0 Å². The van der Waals surface area contributed by atoms with Gasteiger partial charge < -0.3 is 10.6 Å². The van der Waals surface area contributed by atoms with Crippen LogP contribution in [0.1, 0.15) is 31.4 Å². The Kier molecular flexibility index (Phi) is 5.52. The molecule has 0 spiro atoms. The molecule has 1 fully saturated rings. The summed E-state index contributed by atoms with van der Waals surface area (Å²) in [5.74, 6) is -0.204. The van der Waals surface area contributed by atoms with Crippen molar-refractivity contribution in [2.75, 3.05) is 33.2 Å². The minimum absolute atomic E-state index is 0.204. The molecule has 4 heteroatoms. The van der Waals surface area contributed by atoms with Gasteiger partial charge in [-0.05, 0) is 39.0 Å². The van der Waals surface area contributed by atoms with Crippen LogP contribution in [0.5, 0.6) is 0 Å². The van der Waals surface area contributed by atoms with Crippen molar-refractivity contribution in [3.63, 3.8) is 0 Å². The average Bonchev–Trinajstić information content (AvgIpc) is 2.86. The number of likely N-dealkylation sites (N-methyl/N-ethyl adjacent to an activating group) is 2. The molecule has 1 aromatic carbocycles. The maximum atomic E-state index is 13.7. The van der Waals surface area contributed by atoms with Crippen molar-refractivity contribution in [2.24, 2.45) is 5.73 Å². The van der Waals surface area contributed by atoms with Gasteiger partial charge >= 0.3 is 0 Å². The van der Waals surface area contributed by atoms with Gasteiger partial charge in [0.1, 0.15) is 5.82 Å². The Balaban J connectivity index is 1.88. The molecular weight excluding hydrogens is 253 g/mol. The largest absolute Gasteiger partial charge is 0.323 e. The smallest absolute Gasteiger partial charge is 0.128 e. The standard InChI is InChI=1S/C16H26FN3/c1-3-20-10-6-7-13(20)11-19(2)12-16(18)14-8-4-5-9-15(14)17/h4-5,8-9,13,16H,3,6-7,10-12,18H2,1-2H3. The minimum Gasteiger partial charge on any atom is -0.323 e. The van der Waals surface area contributed by atoms with Crippen LogP contribution in [0.4, 0.5) is 4.39 Å². The van der Waals surface area contributed by atoms with E-state index < -0.39 is 0 Å². The van der Waals surface area contributed by atoms with Gasteiger partial charge in [0.25, 0.3) is 0 Å². The van der Waals surface area contributed by atoms with Gasteiger partial charge in [-0.1, -0.05) is 25.1 Å². The molecule has 3 nitrogen and oxygen atoms in total. The summed E-state index contributed by atoms with van der Waals surface area (Å²) >= 11 is 0. The van der Waals surface area contributed by atoms with E-state index in [0.29, 0.717) is 18.2 Å². The topological polar surface area (TPSA) is 32.5 Å². The molecule has 1 aliphatic rings. The lowest BCUT2D eigenvalue weighted by atomic mass is 10.1. The zero-order valence-corrected chi connectivity index (χ0v) is 12.6. The van der Waals surface area contributed by atoms with Crippen molar-refractivity contribution in [1.82, 2.24) is 9.80 Å². The predicted octanol–water partition coefficient (Wildman–Crippen LogP) is 2.24. The molecule has 0 amide bonds. The molecule has 1 aliphatic heterocycles. The second-order valence-electron chi connectivity index (χ2n) is 5.77. The van der Waals surface area contributed by atoms with E-state index in [0.717, 1.165) is 13.1 Å². The highest BCUT2D eigenvalue weighted by molar-refractivity contribution is 5.21. The third-order valence-corrected chi connectivity index (χ3v) is 4.24. The van der Waals surface area contributed by atoms with Gasteiger partial charge in [0, 0.05) is 30.7 Å². The Morgan fingerprint density at radius 1 is 1.45 bits per heavy atom. The van der Waals surface area contributed by atoms with Crippen molar-refractivity contribution in [1.29, 1.82) is 0 Å². The van der Waals surface area contributed by atoms with Crippen LogP contribution >= 0.6 is 0 Å². The van der Waals surface area contributed by atoms with Gasteiger partial charge in [-0.25, -0.2) is 4.39 Å². The van der Waals surface area contributed by atoms with E-state index in [-0.39, 0.29) is 11.9 Å². The molecular formula is C16H26FN3. The van der Waals surface area contributed by atoms with Crippen molar-refractivity contribution < 1.29 is 4.39 Å². The Bertz CT molecular complexity index is 424. The zero-order chi connectivity index (χ0) is 14.5. The lowest BCUT2D eigenvalue weighted by Crippen LogP contribution is -2.41. The van der Waals surface area contributed by atoms with Gasteiger partial charge in [0.2, 0.25) is 0 Å². The van der Waals surface area contributed by atoms with Crippen molar-refractivity contribution in [3.05, 3.63) is 35.6 Å². The quantitative estimate of drug-likeness (QED) is 0.867. The molecule has 0 bridgehead atoms. The Morgan fingerprint density at radius 3 is 2.90 bits per heavy atom. The van der Waals surface area contributed by atoms with Gasteiger partial charge in [0.05, 0.1) is 0 Å². The maximum Gasteiger partial charge on any atom is 0.128 e. The van der Waals surface area contributed by atoms with Crippen LogP contribution in [0.3, 0.4) is 0 Å². The highest BCUT2D eigenvalue weighted by Gasteiger charge is 2.24. The number of benzene rings is 1. The predicted molar refractivity (Wildman–Crippen MR) is 81.1 cm³/mol. The SMILES string of the molecule is CCN1CCCC1CN(C)CC(N)c1ccccc1F. The Morgan fingerprint density at radius 2 is 2.20 bits per heavy atom. The first-order chi connectivity index (χ1) is 9.61. The molecule has 1 saturated heterocycles. The molecule has 1 aromatic rings. The molecule has 2 unspecified atom stereocenters. The second kappa shape index (κ2) is 7.16. The van der Waals surface area contributed by atoms with Crippen molar-refractivity contribution in [3.8, 4) is 0 Å². The molecule has 2 atom stereocenters. The molecule has 112 valence electrons. The Labute approximate surface area is 121 Å². The number of hydrogen-bond donors (Lipinski definition) is 1. The number of halogens is 1. The minimum atomic E-state index is -0.266. The van der Waals surface area contributed by atoms with Gasteiger partial charge in [0.15, 0.2) is 0 Å². The fourth-order valence-corrected chi connectivity index (χ4v) is 3.16. The summed E-state index contributed by atoms with van der Waals surface area (Å²) in [6.07, 6.45) is 2.54. The molecule has 0 aliphatic carbocycles. The third-order valence-electron chi connectivity index (χ3n) is 4.24. The number of likely N-dealkylation sites (tertiary alicyclic amines) is 1. The summed E-state index contributed by atoms with van der Waals surface area (Å²) in [6, 6.07) is 7.16. The molecule has 2 rings (SSSR count). The van der Waals surface area contributed by atoms with E-state index in [2.05, 4.69) is 23.8 Å². The zero-order valence-electron chi connectivity index (χ0n) is 12.6. The summed E-state index contributed by atoms with van der Waals surface area (Å²) in [6.45, 7) is 6.22. The van der Waals surface area contributed by atoms with Crippen molar-refractivity contribution in [2.45, 2.75) is 31.8 Å². The van der Waals surface area contributed by atoms with E-state index in [1.54, 1.807) is 12.1 Å². The first kappa shape index (κ1) is 15.4. The number of hydrogen-bond acceptors (Lipinski definition) is 3. The first-order valence-electron chi connectivity index (χ1n) is 7.54. The lowest BCUT2D eigenvalue weighted by molar-refractivity contribution is 0.193. The normalized spacial score (nSPS) is 21.6. The van der Waals surface area contributed by atoms with Gasteiger partial charge in [-0.15, -0.1) is 0 Å². The van der Waals surface area contributed by atoms with Crippen LogP contribution in [-0.2, 0) is 0 Å². The summed E-state index contributed by atoms with van der Waals surface area (Å²) in [4.78, 5) is 4.75. The molecule has 0 radical (unpaired) electrons. The Hall–Kier alpha value is -0.970. The van der Waals surface area contributed by atoms with E-state index in [1.165, 1.54) is 25.5 Å². The molecule has 2 N–H and O–H groups in total. The monoisotopic (exact) mass is 279 g/mol. The summed E-state index contributed by atoms with van der Waals surface area (Å²) < 4.78 is 13.7. The van der Waals surface area contributed by atoms with Crippen LogP contribution in [0.15, 0.2) is 24.3 Å². The third kappa shape index (κ3) is 3.78. The highest BCUT2D eigenvalue weighted by atomic mass is 19.1. The van der Waals surface area contributed by atoms with E-state index in [1.807, 2.05) is 6.07 Å². The van der Waals surface area contributed by atoms with E-state index >= 15 is 0 Å². The van der Waals surface area contributed by atoms with Crippen LogP contribution in [0, 0.1) is 5.82 Å². The fourth-order valence-electron chi connectivity index (χ4n) is 3.16. The van der Waals surface area contributed by atoms with Crippen LogP contribution in [-0.4, -0.2) is 49.1 Å². The van der Waals surface area contributed by atoms with E-state index in [9.17, 15) is 4.39 Å².